The summed E-state index contributed by atoms with van der Waals surface area (Å²) in [5.41, 5.74) is 4.22. The lowest BCUT2D eigenvalue weighted by Crippen LogP contribution is -2.37. The Kier molecular flexibility index (Phi) is 4.88. The van der Waals surface area contributed by atoms with Crippen molar-refractivity contribution in [3.05, 3.63) is 46.8 Å². The van der Waals surface area contributed by atoms with Crippen molar-refractivity contribution in [2.45, 2.75) is 12.6 Å². The minimum Gasteiger partial charge on any atom is -0.497 e. The molecule has 1 N–H and O–H groups in total. The number of likely N-dealkylation sites (N-methyl/N-ethyl adjacent to an activating group) is 1. The van der Waals surface area contributed by atoms with Gasteiger partial charge in [0.2, 0.25) is 12.5 Å². The molecule has 0 spiro atoms. The van der Waals surface area contributed by atoms with Crippen LogP contribution in [0.25, 0.3) is 11.3 Å². The van der Waals surface area contributed by atoms with Crippen LogP contribution >= 0.6 is 11.3 Å². The molecule has 1 unspecified atom stereocenters. The second kappa shape index (κ2) is 7.70. The van der Waals surface area contributed by atoms with Crippen molar-refractivity contribution in [2.24, 2.45) is 0 Å². The van der Waals surface area contributed by atoms with Gasteiger partial charge in [0.1, 0.15) is 11.9 Å². The molecule has 2 aliphatic rings. The zero-order valence-corrected chi connectivity index (χ0v) is 17.9. The van der Waals surface area contributed by atoms with Crippen molar-refractivity contribution < 1.29 is 18.9 Å². The molecular weight excluding hydrogens is 402 g/mol. The summed E-state index contributed by atoms with van der Waals surface area (Å²) >= 11 is 1.58. The van der Waals surface area contributed by atoms with Crippen LogP contribution in [0.15, 0.2) is 35.7 Å². The first-order valence-electron chi connectivity index (χ1n) is 9.74. The molecule has 1 atom stereocenters. The van der Waals surface area contributed by atoms with Gasteiger partial charge in [-0.25, -0.2) is 4.98 Å². The molecule has 0 fully saturated rings. The van der Waals surface area contributed by atoms with Gasteiger partial charge >= 0.3 is 0 Å². The summed E-state index contributed by atoms with van der Waals surface area (Å²) in [4.78, 5) is 7.08. The maximum atomic E-state index is 5.77. The van der Waals surface area contributed by atoms with Crippen LogP contribution in [-0.2, 0) is 6.42 Å². The van der Waals surface area contributed by atoms with E-state index in [1.807, 2.05) is 24.3 Å². The van der Waals surface area contributed by atoms with Crippen molar-refractivity contribution >= 4 is 16.5 Å². The molecule has 0 amide bonds. The molecule has 3 heterocycles. The number of nitrogens with zero attached hydrogens (tertiary/aromatic N) is 2. The Morgan fingerprint density at radius 2 is 2.10 bits per heavy atom. The summed E-state index contributed by atoms with van der Waals surface area (Å²) in [6.45, 7) is 1.14. The molecule has 7 nitrogen and oxygen atoms in total. The molecular formula is C22H23N3O4S. The lowest BCUT2D eigenvalue weighted by Gasteiger charge is -2.36. The fraction of sp³-hybridized carbons (Fsp3) is 0.318. The molecule has 3 aromatic rings. The number of fused-ring (bicyclic) bond motifs is 2. The average Bonchev–Trinajstić information content (AvgIpc) is 3.43. The van der Waals surface area contributed by atoms with E-state index in [0.29, 0.717) is 5.75 Å². The molecule has 5 rings (SSSR count). The van der Waals surface area contributed by atoms with E-state index in [9.17, 15) is 0 Å². The topological polar surface area (TPSA) is 65.1 Å². The van der Waals surface area contributed by atoms with Gasteiger partial charge in [0.15, 0.2) is 16.6 Å². The van der Waals surface area contributed by atoms with Crippen LogP contribution in [0.3, 0.4) is 0 Å². The van der Waals surface area contributed by atoms with E-state index in [2.05, 4.69) is 28.7 Å². The number of methoxy groups -OCH3 is 2. The number of anilines is 1. The molecule has 2 aliphatic heterocycles. The van der Waals surface area contributed by atoms with Crippen LogP contribution in [0.1, 0.15) is 17.3 Å². The van der Waals surface area contributed by atoms with Gasteiger partial charge in [0.05, 0.1) is 19.9 Å². The molecule has 0 radical (unpaired) electrons. The molecule has 0 bridgehead atoms. The third kappa shape index (κ3) is 3.22. The van der Waals surface area contributed by atoms with Crippen LogP contribution in [0.5, 0.6) is 23.0 Å². The van der Waals surface area contributed by atoms with Gasteiger partial charge in [0.25, 0.3) is 0 Å². The van der Waals surface area contributed by atoms with Crippen molar-refractivity contribution in [2.75, 3.05) is 39.9 Å². The van der Waals surface area contributed by atoms with Gasteiger partial charge in [-0.1, -0.05) is 12.1 Å². The predicted molar refractivity (Wildman–Crippen MR) is 116 cm³/mol. The highest BCUT2D eigenvalue weighted by Crippen LogP contribution is 2.49. The highest BCUT2D eigenvalue weighted by atomic mass is 32.1. The Morgan fingerprint density at radius 1 is 1.20 bits per heavy atom. The molecule has 0 aliphatic carbocycles. The Hall–Kier alpha value is -2.97. The molecule has 156 valence electrons. The van der Waals surface area contributed by atoms with Crippen molar-refractivity contribution in [1.82, 2.24) is 9.88 Å². The third-order valence-electron chi connectivity index (χ3n) is 5.53. The van der Waals surface area contributed by atoms with E-state index in [-0.39, 0.29) is 13.0 Å². The maximum Gasteiger partial charge on any atom is 0.231 e. The number of rotatable bonds is 5. The van der Waals surface area contributed by atoms with Crippen molar-refractivity contribution in [3.8, 4) is 34.3 Å². The highest BCUT2D eigenvalue weighted by molar-refractivity contribution is 7.14. The van der Waals surface area contributed by atoms with Crippen LogP contribution in [-0.4, -0.2) is 44.5 Å². The van der Waals surface area contributed by atoms with Gasteiger partial charge < -0.3 is 24.3 Å². The molecule has 30 heavy (non-hydrogen) atoms. The quantitative estimate of drug-likeness (QED) is 0.659. The molecule has 2 aromatic carbocycles. The lowest BCUT2D eigenvalue weighted by atomic mass is 9.95. The van der Waals surface area contributed by atoms with Gasteiger partial charge in [-0.05, 0) is 37.2 Å². The van der Waals surface area contributed by atoms with Crippen LogP contribution in [0, 0.1) is 0 Å². The Labute approximate surface area is 179 Å². The molecule has 1 aromatic heterocycles. The first-order valence-corrected chi connectivity index (χ1v) is 10.6. The highest BCUT2D eigenvalue weighted by Gasteiger charge is 2.34. The summed E-state index contributed by atoms with van der Waals surface area (Å²) in [6.07, 6.45) is 0.840. The minimum atomic E-state index is -0.0810. The summed E-state index contributed by atoms with van der Waals surface area (Å²) in [7, 11) is 5.44. The number of aromatic nitrogens is 1. The fourth-order valence-electron chi connectivity index (χ4n) is 3.99. The Bertz CT molecular complexity index is 1080. The smallest absolute Gasteiger partial charge is 0.231 e. The first-order chi connectivity index (χ1) is 14.7. The number of hydrogen-bond donors (Lipinski definition) is 1. The van der Waals surface area contributed by atoms with Crippen LogP contribution in [0.2, 0.25) is 0 Å². The monoisotopic (exact) mass is 425 g/mol. The van der Waals surface area contributed by atoms with Crippen molar-refractivity contribution in [3.63, 3.8) is 0 Å². The predicted octanol–water partition coefficient (Wildman–Crippen LogP) is 4.15. The van der Waals surface area contributed by atoms with Gasteiger partial charge in [0, 0.05) is 23.1 Å². The first kappa shape index (κ1) is 19.0. The number of nitrogens with one attached hydrogen (secondary N) is 1. The number of benzene rings is 2. The largest absolute Gasteiger partial charge is 0.497 e. The number of hydrogen-bond acceptors (Lipinski definition) is 8. The average molecular weight is 426 g/mol. The number of thiazole rings is 1. The van der Waals surface area contributed by atoms with E-state index >= 15 is 0 Å². The second-order valence-electron chi connectivity index (χ2n) is 7.26. The summed E-state index contributed by atoms with van der Waals surface area (Å²) in [5, 5.41) is 6.50. The van der Waals surface area contributed by atoms with Gasteiger partial charge in [-0.15, -0.1) is 11.3 Å². The van der Waals surface area contributed by atoms with Crippen molar-refractivity contribution in [1.29, 1.82) is 0 Å². The van der Waals surface area contributed by atoms with Crippen LogP contribution < -0.4 is 24.3 Å². The zero-order valence-electron chi connectivity index (χ0n) is 17.1. The van der Waals surface area contributed by atoms with Gasteiger partial charge in [-0.2, -0.15) is 0 Å². The van der Waals surface area contributed by atoms with Crippen LogP contribution in [0.4, 0.5) is 5.13 Å². The maximum absolute atomic E-state index is 5.77. The Morgan fingerprint density at radius 3 is 2.93 bits per heavy atom. The standard InChI is InChI=1S/C22H23N3O4S/c1-25-8-7-14-10-17-19(29-12-28-17)20(27-3)18(14)21(25)24-22-23-16(11-30-22)13-5-4-6-15(9-13)26-2/h4-6,9-11,21H,7-8,12H2,1-3H3,(H,23,24). The third-order valence-corrected chi connectivity index (χ3v) is 6.30. The molecule has 8 heteroatoms. The van der Waals surface area contributed by atoms with E-state index in [1.54, 1.807) is 25.6 Å². The number of ether oxygens (including phenoxy) is 4. The van der Waals surface area contributed by atoms with E-state index in [1.165, 1.54) is 5.56 Å². The van der Waals surface area contributed by atoms with E-state index in [0.717, 1.165) is 52.2 Å². The summed E-state index contributed by atoms with van der Waals surface area (Å²) < 4.78 is 22.4. The van der Waals surface area contributed by atoms with Gasteiger partial charge in [-0.3, -0.25) is 4.90 Å². The minimum absolute atomic E-state index is 0.0810. The molecule has 0 saturated carbocycles. The summed E-state index contributed by atoms with van der Waals surface area (Å²) in [5.74, 6) is 2.98. The SMILES string of the molecule is COc1cccc(-c2csc(NC3c4c(cc5c(c4OC)OCO5)CCN3C)n2)c1. The van der Waals surface area contributed by atoms with E-state index in [4.69, 9.17) is 23.9 Å². The van der Waals surface area contributed by atoms with E-state index < -0.39 is 0 Å². The second-order valence-corrected chi connectivity index (χ2v) is 8.12. The summed E-state index contributed by atoms with van der Waals surface area (Å²) in [6, 6.07) is 10.0. The molecule has 0 saturated heterocycles. The fourth-order valence-corrected chi connectivity index (χ4v) is 4.73. The Balaban J connectivity index is 1.48. The lowest BCUT2D eigenvalue weighted by molar-refractivity contribution is 0.170. The normalized spacial score (nSPS) is 17.5. The zero-order chi connectivity index (χ0) is 20.7.